The van der Waals surface area contributed by atoms with Gasteiger partial charge in [0.05, 0.1) is 37.1 Å². The van der Waals surface area contributed by atoms with Gasteiger partial charge in [0, 0.05) is 31.9 Å². The number of pyridine rings is 1. The molecule has 0 fully saturated rings. The van der Waals surface area contributed by atoms with Crippen molar-refractivity contribution in [2.24, 2.45) is 7.05 Å². The van der Waals surface area contributed by atoms with E-state index in [1.165, 1.54) is 0 Å². The molecular formula is C16H19N7. The number of hydrogen-bond donors (Lipinski definition) is 0. The van der Waals surface area contributed by atoms with Gasteiger partial charge in [-0.3, -0.25) is 4.68 Å². The van der Waals surface area contributed by atoms with E-state index in [0.29, 0.717) is 13.0 Å². The number of hydrogen-bond acceptors (Lipinski definition) is 5. The van der Waals surface area contributed by atoms with Gasteiger partial charge in [0.1, 0.15) is 11.3 Å². The lowest BCUT2D eigenvalue weighted by molar-refractivity contribution is 0.627. The van der Waals surface area contributed by atoms with Crippen molar-refractivity contribution in [3.8, 4) is 6.07 Å². The van der Waals surface area contributed by atoms with Crippen LogP contribution in [0.25, 0.3) is 11.0 Å². The van der Waals surface area contributed by atoms with E-state index < -0.39 is 0 Å². The van der Waals surface area contributed by atoms with E-state index in [4.69, 9.17) is 5.26 Å². The summed E-state index contributed by atoms with van der Waals surface area (Å²) in [5.74, 6) is 1.70. The fourth-order valence-electron chi connectivity index (χ4n) is 2.58. The van der Waals surface area contributed by atoms with Gasteiger partial charge < -0.3 is 9.47 Å². The Morgan fingerprint density at radius 1 is 1.35 bits per heavy atom. The second-order valence-corrected chi connectivity index (χ2v) is 5.45. The Labute approximate surface area is 134 Å². The van der Waals surface area contributed by atoms with Crippen LogP contribution in [0.15, 0.2) is 24.8 Å². The molecule has 0 atom stereocenters. The van der Waals surface area contributed by atoms with Gasteiger partial charge in [-0.1, -0.05) is 6.92 Å². The van der Waals surface area contributed by atoms with Crippen molar-refractivity contribution in [1.82, 2.24) is 24.3 Å². The highest BCUT2D eigenvalue weighted by molar-refractivity contribution is 5.78. The van der Waals surface area contributed by atoms with E-state index in [1.807, 2.05) is 40.5 Å². The van der Waals surface area contributed by atoms with E-state index >= 15 is 0 Å². The minimum absolute atomic E-state index is 0.452. The van der Waals surface area contributed by atoms with E-state index in [0.717, 1.165) is 34.7 Å². The molecule has 0 amide bonds. The van der Waals surface area contributed by atoms with Gasteiger partial charge in [0.2, 0.25) is 0 Å². The first-order valence-corrected chi connectivity index (χ1v) is 7.58. The van der Waals surface area contributed by atoms with Crippen LogP contribution in [0.1, 0.15) is 18.9 Å². The smallest absolute Gasteiger partial charge is 0.159 e. The number of aryl methyl sites for hydroxylation is 3. The molecule has 0 aliphatic heterocycles. The Balaban J connectivity index is 1.97. The summed E-state index contributed by atoms with van der Waals surface area (Å²) < 4.78 is 3.80. The molecule has 23 heavy (non-hydrogen) atoms. The van der Waals surface area contributed by atoms with Gasteiger partial charge >= 0.3 is 0 Å². The summed E-state index contributed by atoms with van der Waals surface area (Å²) >= 11 is 0. The van der Waals surface area contributed by atoms with Crippen molar-refractivity contribution in [2.45, 2.75) is 26.3 Å². The van der Waals surface area contributed by atoms with Crippen molar-refractivity contribution in [1.29, 1.82) is 5.26 Å². The van der Waals surface area contributed by atoms with Crippen molar-refractivity contribution < 1.29 is 0 Å². The number of aromatic nitrogens is 5. The quantitative estimate of drug-likeness (QED) is 0.723. The van der Waals surface area contributed by atoms with Crippen LogP contribution in [0.5, 0.6) is 0 Å². The molecule has 0 radical (unpaired) electrons. The van der Waals surface area contributed by atoms with Crippen LogP contribution in [0.4, 0.5) is 11.6 Å². The highest BCUT2D eigenvalue weighted by Crippen LogP contribution is 2.26. The van der Waals surface area contributed by atoms with E-state index in [2.05, 4.69) is 28.1 Å². The maximum Gasteiger partial charge on any atom is 0.159 e. The molecule has 0 aliphatic rings. The van der Waals surface area contributed by atoms with Gasteiger partial charge in [-0.25, -0.2) is 9.97 Å². The lowest BCUT2D eigenvalue weighted by atomic mass is 10.2. The van der Waals surface area contributed by atoms with Gasteiger partial charge in [-0.05, 0) is 6.42 Å². The van der Waals surface area contributed by atoms with Gasteiger partial charge in [0.15, 0.2) is 5.82 Å². The van der Waals surface area contributed by atoms with Crippen molar-refractivity contribution in [3.63, 3.8) is 0 Å². The SMILES string of the molecule is CCc1cn(CCC#N)nc1N(C)c1cc2c(cn1)ncn2C. The number of nitrogens with zero attached hydrogens (tertiary/aromatic N) is 7. The third kappa shape index (κ3) is 2.75. The van der Waals surface area contributed by atoms with Crippen molar-refractivity contribution >= 4 is 22.7 Å². The average Bonchev–Trinajstić information content (AvgIpc) is 3.15. The third-order valence-corrected chi connectivity index (χ3v) is 3.91. The average molecular weight is 309 g/mol. The van der Waals surface area contributed by atoms with Crippen LogP contribution in [0.3, 0.4) is 0 Å². The zero-order valence-corrected chi connectivity index (χ0v) is 13.6. The molecule has 7 heteroatoms. The summed E-state index contributed by atoms with van der Waals surface area (Å²) in [4.78, 5) is 10.8. The number of nitriles is 1. The first-order valence-electron chi connectivity index (χ1n) is 7.58. The van der Waals surface area contributed by atoms with E-state index in [9.17, 15) is 0 Å². The number of imidazole rings is 1. The molecule has 0 saturated carbocycles. The third-order valence-electron chi connectivity index (χ3n) is 3.91. The van der Waals surface area contributed by atoms with Crippen LogP contribution in [-0.4, -0.2) is 31.4 Å². The molecule has 7 nitrogen and oxygen atoms in total. The molecule has 3 aromatic heterocycles. The van der Waals surface area contributed by atoms with Crippen LogP contribution < -0.4 is 4.90 Å². The van der Waals surface area contributed by atoms with Gasteiger partial charge in [-0.15, -0.1) is 0 Å². The summed E-state index contributed by atoms with van der Waals surface area (Å²) in [6, 6.07) is 4.16. The largest absolute Gasteiger partial charge is 0.334 e. The second kappa shape index (κ2) is 6.08. The number of anilines is 2. The molecule has 3 aromatic rings. The summed E-state index contributed by atoms with van der Waals surface area (Å²) in [5, 5.41) is 13.3. The van der Waals surface area contributed by atoms with Crippen molar-refractivity contribution in [2.75, 3.05) is 11.9 Å². The number of rotatable bonds is 5. The molecule has 3 rings (SSSR count). The molecule has 0 bridgehead atoms. The van der Waals surface area contributed by atoms with E-state index in [1.54, 1.807) is 12.5 Å². The standard InChI is InChI=1S/C16H19N7/c1-4-12-10-23(7-5-6-17)20-16(12)22(3)15-8-14-13(9-18-15)19-11-21(14)2/h8-11H,4-5,7H2,1-3H3. The molecule has 0 aromatic carbocycles. The fraction of sp³-hybridized carbons (Fsp3) is 0.375. The van der Waals surface area contributed by atoms with Crippen LogP contribution in [0, 0.1) is 11.3 Å². The monoisotopic (exact) mass is 309 g/mol. The van der Waals surface area contributed by atoms with E-state index in [-0.39, 0.29) is 0 Å². The molecule has 118 valence electrons. The predicted molar refractivity (Wildman–Crippen MR) is 88.4 cm³/mol. The maximum absolute atomic E-state index is 8.73. The zero-order chi connectivity index (χ0) is 16.4. The van der Waals surface area contributed by atoms with Crippen LogP contribution in [-0.2, 0) is 20.0 Å². The topological polar surface area (TPSA) is 75.6 Å². The molecule has 0 saturated heterocycles. The molecule has 0 spiro atoms. The Morgan fingerprint density at radius 2 is 2.17 bits per heavy atom. The fourth-order valence-corrected chi connectivity index (χ4v) is 2.58. The highest BCUT2D eigenvalue weighted by Gasteiger charge is 2.15. The first kappa shape index (κ1) is 15.0. The molecular weight excluding hydrogens is 290 g/mol. The highest BCUT2D eigenvalue weighted by atomic mass is 15.4. The molecule has 3 heterocycles. The summed E-state index contributed by atoms with van der Waals surface area (Å²) in [5.41, 5.74) is 3.04. The minimum Gasteiger partial charge on any atom is -0.334 e. The summed E-state index contributed by atoms with van der Waals surface area (Å²) in [6.07, 6.45) is 6.89. The Morgan fingerprint density at radius 3 is 2.91 bits per heavy atom. The summed E-state index contributed by atoms with van der Waals surface area (Å²) in [7, 11) is 3.92. The second-order valence-electron chi connectivity index (χ2n) is 5.45. The van der Waals surface area contributed by atoms with Crippen LogP contribution >= 0.6 is 0 Å². The summed E-state index contributed by atoms with van der Waals surface area (Å²) in [6.45, 7) is 2.70. The van der Waals surface area contributed by atoms with Gasteiger partial charge in [-0.2, -0.15) is 10.4 Å². The molecule has 0 aliphatic carbocycles. The Kier molecular flexibility index (Phi) is 3.98. The van der Waals surface area contributed by atoms with Crippen molar-refractivity contribution in [3.05, 3.63) is 30.4 Å². The number of fused-ring (bicyclic) bond motifs is 1. The lowest BCUT2D eigenvalue weighted by Crippen LogP contribution is -2.14. The van der Waals surface area contributed by atoms with Gasteiger partial charge in [0.25, 0.3) is 0 Å². The molecule has 0 unspecified atom stereocenters. The molecule has 0 N–H and O–H groups in total. The Bertz CT molecular complexity index is 868. The first-order chi connectivity index (χ1) is 11.1. The normalized spacial score (nSPS) is 10.9. The zero-order valence-electron chi connectivity index (χ0n) is 13.6. The predicted octanol–water partition coefficient (Wildman–Crippen LogP) is 2.41. The maximum atomic E-state index is 8.73. The minimum atomic E-state index is 0.452. The van der Waals surface area contributed by atoms with Crippen LogP contribution in [0.2, 0.25) is 0 Å². The Hall–Kier alpha value is -2.88. The lowest BCUT2D eigenvalue weighted by Gasteiger charge is -2.17.